The van der Waals surface area contributed by atoms with Crippen molar-refractivity contribution in [2.45, 2.75) is 13.8 Å². The number of rotatable bonds is 3. The van der Waals surface area contributed by atoms with Gasteiger partial charge in [0, 0.05) is 23.9 Å². The summed E-state index contributed by atoms with van der Waals surface area (Å²) in [5.74, 6) is -0.464. The molecule has 108 valence electrons. The maximum atomic E-state index is 12.3. The number of nitro groups is 1. The van der Waals surface area contributed by atoms with Crippen LogP contribution in [-0.4, -0.2) is 15.8 Å². The molecule has 7 heteroatoms. The number of hydrogen-bond donors (Lipinski definition) is 1. The molecule has 0 saturated carbocycles. The summed E-state index contributed by atoms with van der Waals surface area (Å²) < 4.78 is 0. The van der Waals surface area contributed by atoms with E-state index in [9.17, 15) is 14.9 Å². The van der Waals surface area contributed by atoms with Gasteiger partial charge in [0.15, 0.2) is 5.15 Å². The van der Waals surface area contributed by atoms with Crippen LogP contribution in [0, 0.1) is 24.0 Å². The molecular formula is C14H12ClN3O3. The van der Waals surface area contributed by atoms with E-state index >= 15 is 0 Å². The summed E-state index contributed by atoms with van der Waals surface area (Å²) in [6.07, 6.45) is 1.53. The summed E-state index contributed by atoms with van der Waals surface area (Å²) in [4.78, 5) is 26.4. The predicted octanol–water partition coefficient (Wildman–Crippen LogP) is 3.51. The minimum atomic E-state index is -0.543. The average Bonchev–Trinajstić information content (AvgIpc) is 2.43. The van der Waals surface area contributed by atoms with Crippen LogP contribution < -0.4 is 5.32 Å². The highest BCUT2D eigenvalue weighted by Gasteiger charge is 2.16. The van der Waals surface area contributed by atoms with Crippen molar-refractivity contribution in [1.29, 1.82) is 0 Å². The zero-order chi connectivity index (χ0) is 15.6. The van der Waals surface area contributed by atoms with E-state index in [4.69, 9.17) is 11.6 Å². The fourth-order valence-corrected chi connectivity index (χ4v) is 2.08. The molecule has 1 N–H and O–H groups in total. The molecule has 0 spiro atoms. The number of nitro benzene ring substituents is 1. The molecule has 2 rings (SSSR count). The van der Waals surface area contributed by atoms with Gasteiger partial charge in [0.25, 0.3) is 11.6 Å². The lowest BCUT2D eigenvalue weighted by Crippen LogP contribution is -2.15. The second-order valence-corrected chi connectivity index (χ2v) is 4.86. The Morgan fingerprint density at radius 2 is 2.00 bits per heavy atom. The molecule has 2 aromatic rings. The monoisotopic (exact) mass is 305 g/mol. The van der Waals surface area contributed by atoms with Crippen LogP contribution in [0.1, 0.15) is 21.5 Å². The number of aryl methyl sites for hydroxylation is 2. The zero-order valence-corrected chi connectivity index (χ0v) is 12.1. The third-order valence-corrected chi connectivity index (χ3v) is 3.31. The van der Waals surface area contributed by atoms with E-state index in [0.29, 0.717) is 11.3 Å². The maximum absolute atomic E-state index is 12.3. The van der Waals surface area contributed by atoms with Crippen molar-refractivity contribution in [2.75, 3.05) is 5.32 Å². The number of amides is 1. The van der Waals surface area contributed by atoms with Gasteiger partial charge >= 0.3 is 0 Å². The van der Waals surface area contributed by atoms with Crippen LogP contribution in [0.5, 0.6) is 0 Å². The number of carbonyl (C=O) groups is 1. The highest BCUT2D eigenvalue weighted by molar-refractivity contribution is 6.32. The number of halogens is 1. The average molecular weight is 306 g/mol. The minimum Gasteiger partial charge on any atom is -0.319 e. The maximum Gasteiger partial charge on any atom is 0.270 e. The van der Waals surface area contributed by atoms with Crippen LogP contribution in [-0.2, 0) is 0 Å². The van der Waals surface area contributed by atoms with Crippen LogP contribution in [0.3, 0.4) is 0 Å². The Hall–Kier alpha value is -2.47. The Balaban J connectivity index is 2.37. The van der Waals surface area contributed by atoms with Crippen LogP contribution in [0.4, 0.5) is 11.4 Å². The molecule has 0 aliphatic carbocycles. The first-order valence-corrected chi connectivity index (χ1v) is 6.45. The van der Waals surface area contributed by atoms with E-state index in [1.165, 1.54) is 24.4 Å². The Morgan fingerprint density at radius 1 is 1.29 bits per heavy atom. The number of benzene rings is 1. The summed E-state index contributed by atoms with van der Waals surface area (Å²) in [5.41, 5.74) is 1.88. The molecule has 0 bridgehead atoms. The molecule has 0 radical (unpaired) electrons. The van der Waals surface area contributed by atoms with E-state index in [1.54, 1.807) is 19.9 Å². The summed E-state index contributed by atoms with van der Waals surface area (Å²) >= 11 is 5.95. The van der Waals surface area contributed by atoms with Crippen LogP contribution in [0.15, 0.2) is 30.5 Å². The second kappa shape index (κ2) is 5.88. The smallest absolute Gasteiger partial charge is 0.270 e. The molecule has 0 aliphatic heterocycles. The normalized spacial score (nSPS) is 10.2. The molecule has 0 saturated heterocycles. The molecule has 6 nitrogen and oxygen atoms in total. The molecule has 21 heavy (non-hydrogen) atoms. The van der Waals surface area contributed by atoms with Crippen molar-refractivity contribution < 1.29 is 9.72 Å². The molecule has 1 heterocycles. The number of nitrogens with zero attached hydrogens (tertiary/aromatic N) is 2. The van der Waals surface area contributed by atoms with Gasteiger partial charge in [-0.05, 0) is 31.0 Å². The third-order valence-electron chi connectivity index (χ3n) is 3.03. The van der Waals surface area contributed by atoms with Gasteiger partial charge in [-0.2, -0.15) is 0 Å². The third kappa shape index (κ3) is 3.17. The molecule has 1 aromatic carbocycles. The van der Waals surface area contributed by atoms with Gasteiger partial charge in [-0.25, -0.2) is 4.98 Å². The minimum absolute atomic E-state index is 0.139. The number of hydrogen-bond acceptors (Lipinski definition) is 4. The summed E-state index contributed by atoms with van der Waals surface area (Å²) in [6, 6.07) is 5.84. The molecule has 1 amide bonds. The van der Waals surface area contributed by atoms with Crippen LogP contribution >= 0.6 is 11.6 Å². The Bertz CT molecular complexity index is 711. The zero-order valence-electron chi connectivity index (χ0n) is 11.4. The predicted molar refractivity (Wildman–Crippen MR) is 79.8 cm³/mol. The van der Waals surface area contributed by atoms with E-state index in [2.05, 4.69) is 10.3 Å². The largest absolute Gasteiger partial charge is 0.319 e. The van der Waals surface area contributed by atoms with Gasteiger partial charge in [-0.3, -0.25) is 14.9 Å². The van der Waals surface area contributed by atoms with Crippen molar-refractivity contribution in [3.05, 3.63) is 62.4 Å². The molecule has 0 unspecified atom stereocenters. The summed E-state index contributed by atoms with van der Waals surface area (Å²) in [6.45, 7) is 3.49. The number of nitrogens with one attached hydrogen (secondary N) is 1. The lowest BCUT2D eigenvalue weighted by Gasteiger charge is -2.10. The van der Waals surface area contributed by atoms with Gasteiger partial charge in [-0.15, -0.1) is 0 Å². The number of pyridine rings is 1. The Labute approximate surface area is 125 Å². The Kier molecular flexibility index (Phi) is 4.18. The highest BCUT2D eigenvalue weighted by Crippen LogP contribution is 2.25. The quantitative estimate of drug-likeness (QED) is 0.534. The SMILES string of the molecule is Cc1ccc([N+](=O)[O-])cc1C(=O)Nc1c(C)ccnc1Cl. The lowest BCUT2D eigenvalue weighted by molar-refractivity contribution is -0.384. The molecule has 0 atom stereocenters. The van der Waals surface area contributed by atoms with E-state index in [0.717, 1.165) is 5.56 Å². The van der Waals surface area contributed by atoms with E-state index in [1.807, 2.05) is 0 Å². The molecule has 0 aliphatic rings. The first kappa shape index (κ1) is 14.9. The molecule has 1 aromatic heterocycles. The van der Waals surface area contributed by atoms with Crippen molar-refractivity contribution in [2.24, 2.45) is 0 Å². The van der Waals surface area contributed by atoms with Gasteiger partial charge in [0.2, 0.25) is 0 Å². The highest BCUT2D eigenvalue weighted by atomic mass is 35.5. The van der Waals surface area contributed by atoms with Crippen molar-refractivity contribution in [3.63, 3.8) is 0 Å². The van der Waals surface area contributed by atoms with Crippen LogP contribution in [0.25, 0.3) is 0 Å². The van der Waals surface area contributed by atoms with Gasteiger partial charge < -0.3 is 5.32 Å². The first-order chi connectivity index (χ1) is 9.90. The number of carbonyl (C=O) groups excluding carboxylic acids is 1. The van der Waals surface area contributed by atoms with E-state index < -0.39 is 10.8 Å². The van der Waals surface area contributed by atoms with Gasteiger partial charge in [-0.1, -0.05) is 17.7 Å². The van der Waals surface area contributed by atoms with E-state index in [-0.39, 0.29) is 16.4 Å². The topological polar surface area (TPSA) is 85.1 Å². The molecular weight excluding hydrogens is 294 g/mol. The standard InChI is InChI=1S/C14H12ClN3O3/c1-8-3-4-10(18(20)21)7-11(8)14(19)17-12-9(2)5-6-16-13(12)15/h3-7H,1-2H3,(H,17,19). The number of anilines is 1. The van der Waals surface area contributed by atoms with Crippen molar-refractivity contribution in [1.82, 2.24) is 4.98 Å². The molecule has 0 fully saturated rings. The fourth-order valence-electron chi connectivity index (χ4n) is 1.82. The van der Waals surface area contributed by atoms with Crippen LogP contribution in [0.2, 0.25) is 5.15 Å². The fraction of sp³-hybridized carbons (Fsp3) is 0.143. The second-order valence-electron chi connectivity index (χ2n) is 4.50. The lowest BCUT2D eigenvalue weighted by atomic mass is 10.1. The first-order valence-electron chi connectivity index (χ1n) is 6.07. The van der Waals surface area contributed by atoms with Gasteiger partial charge in [0.1, 0.15) is 0 Å². The van der Waals surface area contributed by atoms with Crippen molar-refractivity contribution in [3.8, 4) is 0 Å². The Morgan fingerprint density at radius 3 is 2.62 bits per heavy atom. The number of non-ortho nitro benzene ring substituents is 1. The van der Waals surface area contributed by atoms with Gasteiger partial charge in [0.05, 0.1) is 10.6 Å². The summed E-state index contributed by atoms with van der Waals surface area (Å²) in [5, 5.41) is 13.6. The summed E-state index contributed by atoms with van der Waals surface area (Å²) in [7, 11) is 0. The van der Waals surface area contributed by atoms with Crippen molar-refractivity contribution >= 4 is 28.9 Å². The number of aromatic nitrogens is 1.